The minimum Gasteiger partial charge on any atom is -0.508 e. The Kier molecular flexibility index (Phi) is 6.32. The van der Waals surface area contributed by atoms with E-state index >= 15 is 0 Å². The van der Waals surface area contributed by atoms with Crippen LogP contribution in [0.15, 0.2) is 42.5 Å². The number of alkyl halides is 6. The molecular weight excluding hydrogens is 429 g/mol. The number of Topliss-reactive ketones (excluding diaryl/α,β-unsaturated/α-hetero) is 1. The van der Waals surface area contributed by atoms with E-state index in [-0.39, 0.29) is 17.2 Å². The van der Waals surface area contributed by atoms with Gasteiger partial charge in [-0.25, -0.2) is 4.39 Å². The lowest BCUT2D eigenvalue weighted by Crippen LogP contribution is -2.19. The summed E-state index contributed by atoms with van der Waals surface area (Å²) >= 11 is 5.62. The largest absolute Gasteiger partial charge is 0.508 e. The van der Waals surface area contributed by atoms with E-state index in [1.807, 2.05) is 0 Å². The average Bonchev–Trinajstić information content (AvgIpc) is 2.56. The van der Waals surface area contributed by atoms with Crippen molar-refractivity contribution in [1.82, 2.24) is 0 Å². The van der Waals surface area contributed by atoms with Crippen molar-refractivity contribution in [2.24, 2.45) is 0 Å². The van der Waals surface area contributed by atoms with Gasteiger partial charge in [0.1, 0.15) is 17.5 Å². The maximum absolute atomic E-state index is 14.5. The van der Waals surface area contributed by atoms with Crippen LogP contribution in [0.4, 0.5) is 30.7 Å². The third-order valence-corrected chi connectivity index (χ3v) is 4.13. The Morgan fingerprint density at radius 3 is 2.17 bits per heavy atom. The van der Waals surface area contributed by atoms with Crippen molar-refractivity contribution >= 4 is 23.2 Å². The van der Waals surface area contributed by atoms with Crippen molar-refractivity contribution in [3.8, 4) is 5.75 Å². The van der Waals surface area contributed by atoms with Crippen molar-refractivity contribution in [2.45, 2.75) is 25.2 Å². The van der Waals surface area contributed by atoms with Gasteiger partial charge in [-0.15, -0.1) is 0 Å². The predicted molar refractivity (Wildman–Crippen MR) is 92.4 cm³/mol. The Morgan fingerprint density at radius 2 is 1.69 bits per heavy atom. The smallest absolute Gasteiger partial charge is 0.417 e. The van der Waals surface area contributed by atoms with Crippen LogP contribution in [0.1, 0.15) is 39.9 Å². The van der Waals surface area contributed by atoms with E-state index in [2.05, 4.69) is 0 Å². The number of ketones is 1. The second-order valence-electron chi connectivity index (χ2n) is 6.09. The van der Waals surface area contributed by atoms with Crippen LogP contribution in [0, 0.1) is 0 Å². The topological polar surface area (TPSA) is 37.3 Å². The van der Waals surface area contributed by atoms with E-state index in [0.29, 0.717) is 12.1 Å². The summed E-state index contributed by atoms with van der Waals surface area (Å²) in [5.41, 5.74) is -3.59. The van der Waals surface area contributed by atoms with Gasteiger partial charge in [-0.05, 0) is 42.8 Å². The first kappa shape index (κ1) is 22.7. The number of benzene rings is 2. The van der Waals surface area contributed by atoms with Crippen LogP contribution in [0.5, 0.6) is 5.75 Å². The molecule has 0 aliphatic carbocycles. The molecule has 1 N–H and O–H groups in total. The number of phenols is 1. The fourth-order valence-electron chi connectivity index (χ4n) is 2.63. The Bertz CT molecular complexity index is 942. The van der Waals surface area contributed by atoms with Gasteiger partial charge in [0, 0.05) is 16.1 Å². The summed E-state index contributed by atoms with van der Waals surface area (Å²) in [5.74, 6) is -5.71. The minimum absolute atomic E-state index is 0.0774. The monoisotopic (exact) mass is 440 g/mol. The number of hydrogen-bond acceptors (Lipinski definition) is 2. The van der Waals surface area contributed by atoms with Gasteiger partial charge in [-0.2, -0.15) is 26.3 Å². The molecule has 0 aliphatic rings. The summed E-state index contributed by atoms with van der Waals surface area (Å²) in [6, 6.07) is 4.28. The summed E-state index contributed by atoms with van der Waals surface area (Å²) in [4.78, 5) is 11.4. The summed E-state index contributed by atoms with van der Waals surface area (Å²) in [5, 5.41) is 9.20. The lowest BCUT2D eigenvalue weighted by Gasteiger charge is -2.18. The number of rotatable bonds is 4. The molecule has 0 saturated carbocycles. The Hall–Kier alpha value is -2.55. The van der Waals surface area contributed by atoms with Crippen LogP contribution in [-0.2, 0) is 6.18 Å². The Labute approximate surface area is 165 Å². The van der Waals surface area contributed by atoms with E-state index in [1.165, 1.54) is 0 Å². The van der Waals surface area contributed by atoms with Crippen LogP contribution in [0.25, 0.3) is 5.83 Å². The van der Waals surface area contributed by atoms with Crippen LogP contribution in [-0.4, -0.2) is 17.1 Å². The third-order valence-electron chi connectivity index (χ3n) is 3.91. The van der Waals surface area contributed by atoms with Crippen molar-refractivity contribution < 1.29 is 40.6 Å². The van der Waals surface area contributed by atoms with Crippen LogP contribution in [0.2, 0.25) is 5.02 Å². The molecule has 0 saturated heterocycles. The molecule has 1 unspecified atom stereocenters. The molecule has 2 nitrogen and oxygen atoms in total. The lowest BCUT2D eigenvalue weighted by molar-refractivity contribution is -0.140. The maximum atomic E-state index is 14.5. The molecule has 2 rings (SSSR count). The zero-order valence-corrected chi connectivity index (χ0v) is 15.3. The standard InChI is InChI=1S/C19H12ClF7O2/c1-9(28)14-3-2-10(6-16(14)19(25,26)27)17(21)8-15(18(22,23)24)11-4-12(20)7-13(29)5-11/h2-8,15,29H,1H3/b17-8-. The van der Waals surface area contributed by atoms with Crippen molar-refractivity contribution in [3.63, 3.8) is 0 Å². The Balaban J connectivity index is 2.60. The maximum Gasteiger partial charge on any atom is 0.417 e. The molecule has 0 spiro atoms. The second kappa shape index (κ2) is 8.06. The highest BCUT2D eigenvalue weighted by Crippen LogP contribution is 2.41. The molecule has 10 heteroatoms. The van der Waals surface area contributed by atoms with Gasteiger partial charge in [0.15, 0.2) is 5.78 Å². The average molecular weight is 441 g/mol. The van der Waals surface area contributed by atoms with E-state index in [0.717, 1.165) is 25.1 Å². The zero-order chi connectivity index (χ0) is 22.1. The van der Waals surface area contributed by atoms with Gasteiger partial charge in [0.2, 0.25) is 0 Å². The molecule has 0 bridgehead atoms. The minimum atomic E-state index is -5.03. The molecule has 29 heavy (non-hydrogen) atoms. The highest BCUT2D eigenvalue weighted by molar-refractivity contribution is 6.30. The fraction of sp³-hybridized carbons (Fsp3) is 0.211. The molecular formula is C19H12ClF7O2. The highest BCUT2D eigenvalue weighted by Gasteiger charge is 2.40. The van der Waals surface area contributed by atoms with Gasteiger partial charge >= 0.3 is 12.4 Å². The molecule has 2 aromatic carbocycles. The van der Waals surface area contributed by atoms with Gasteiger partial charge in [0.25, 0.3) is 0 Å². The molecule has 156 valence electrons. The summed E-state index contributed by atoms with van der Waals surface area (Å²) in [6.45, 7) is 0.877. The molecule has 0 aromatic heterocycles. The van der Waals surface area contributed by atoms with E-state index in [1.54, 1.807) is 0 Å². The van der Waals surface area contributed by atoms with E-state index in [9.17, 15) is 40.6 Å². The van der Waals surface area contributed by atoms with E-state index in [4.69, 9.17) is 11.6 Å². The number of aromatic hydroxyl groups is 1. The molecule has 0 amide bonds. The first-order valence-corrected chi connectivity index (χ1v) is 8.24. The number of carbonyl (C=O) groups excluding carboxylic acids is 1. The third kappa shape index (κ3) is 5.50. The van der Waals surface area contributed by atoms with Crippen molar-refractivity contribution in [2.75, 3.05) is 0 Å². The Morgan fingerprint density at radius 1 is 1.07 bits per heavy atom. The first-order valence-electron chi connectivity index (χ1n) is 7.86. The number of halogens is 8. The SMILES string of the molecule is CC(=O)c1ccc(/C(F)=C/C(c2cc(O)cc(Cl)c2)C(F)(F)F)cc1C(F)(F)F. The van der Waals surface area contributed by atoms with Crippen LogP contribution >= 0.6 is 11.6 Å². The normalized spacial score (nSPS) is 14.0. The number of phenolic OH excluding ortho intramolecular Hbond substituents is 1. The molecule has 1 atom stereocenters. The van der Waals surface area contributed by atoms with E-state index < -0.39 is 57.9 Å². The second-order valence-corrected chi connectivity index (χ2v) is 6.53. The van der Waals surface area contributed by atoms with Gasteiger partial charge in [0.05, 0.1) is 5.56 Å². The molecule has 2 aromatic rings. The summed E-state index contributed by atoms with van der Waals surface area (Å²) in [7, 11) is 0. The number of hydrogen-bond donors (Lipinski definition) is 1. The number of allylic oxidation sites excluding steroid dienone is 1. The molecule has 0 radical (unpaired) electrons. The van der Waals surface area contributed by atoms with Gasteiger partial charge in [-0.1, -0.05) is 23.7 Å². The van der Waals surface area contributed by atoms with Crippen LogP contribution < -0.4 is 0 Å². The van der Waals surface area contributed by atoms with Gasteiger partial charge in [-0.3, -0.25) is 4.79 Å². The fourth-order valence-corrected chi connectivity index (χ4v) is 2.87. The molecule has 0 heterocycles. The lowest BCUT2D eigenvalue weighted by atomic mass is 9.95. The highest BCUT2D eigenvalue weighted by atomic mass is 35.5. The zero-order valence-electron chi connectivity index (χ0n) is 14.5. The van der Waals surface area contributed by atoms with Crippen LogP contribution in [0.3, 0.4) is 0 Å². The first-order chi connectivity index (χ1) is 13.2. The summed E-state index contributed by atoms with van der Waals surface area (Å²) < 4.78 is 94.2. The molecule has 0 fully saturated rings. The predicted octanol–water partition coefficient (Wildman–Crippen LogP) is 6.92. The molecule has 0 aliphatic heterocycles. The summed E-state index contributed by atoms with van der Waals surface area (Å²) in [6.07, 6.45) is -9.96. The van der Waals surface area contributed by atoms with Crippen molar-refractivity contribution in [3.05, 3.63) is 69.8 Å². The van der Waals surface area contributed by atoms with Gasteiger partial charge < -0.3 is 5.11 Å². The number of carbonyl (C=O) groups is 1. The van der Waals surface area contributed by atoms with Crippen molar-refractivity contribution in [1.29, 1.82) is 0 Å². The quantitative estimate of drug-likeness (QED) is 0.414.